The van der Waals surface area contributed by atoms with Crippen molar-refractivity contribution in [3.05, 3.63) is 0 Å². The maximum Gasteiger partial charge on any atom is 0.0597 e. The van der Waals surface area contributed by atoms with Crippen LogP contribution in [0, 0.1) is 5.41 Å². The second-order valence-corrected chi connectivity index (χ2v) is 3.61. The van der Waals surface area contributed by atoms with E-state index in [1.54, 1.807) is 0 Å². The standard InChI is InChI=1S/C8H16O/c1-7-8(2,3)5-4-6-9-7/h7H,4-6H2,1-3H3. The lowest BCUT2D eigenvalue weighted by molar-refractivity contribution is -0.0557. The number of rotatable bonds is 0. The molecular weight excluding hydrogens is 112 g/mol. The van der Waals surface area contributed by atoms with Crippen molar-refractivity contribution in [2.24, 2.45) is 5.41 Å². The minimum Gasteiger partial charge on any atom is -0.378 e. The van der Waals surface area contributed by atoms with Crippen molar-refractivity contribution >= 4 is 0 Å². The van der Waals surface area contributed by atoms with Crippen LogP contribution in [0.2, 0.25) is 0 Å². The fourth-order valence-electron chi connectivity index (χ4n) is 1.22. The number of hydrogen-bond donors (Lipinski definition) is 0. The van der Waals surface area contributed by atoms with Gasteiger partial charge in [-0.2, -0.15) is 0 Å². The van der Waals surface area contributed by atoms with E-state index in [2.05, 4.69) is 20.8 Å². The van der Waals surface area contributed by atoms with Gasteiger partial charge >= 0.3 is 0 Å². The normalized spacial score (nSPS) is 34.3. The highest BCUT2D eigenvalue weighted by molar-refractivity contribution is 4.78. The molecule has 9 heavy (non-hydrogen) atoms. The van der Waals surface area contributed by atoms with Gasteiger partial charge in [0.15, 0.2) is 0 Å². The Balaban J connectivity index is 2.49. The fraction of sp³-hybridized carbons (Fsp3) is 1.00. The molecule has 1 heteroatoms. The predicted octanol–water partition coefficient (Wildman–Crippen LogP) is 2.21. The summed E-state index contributed by atoms with van der Waals surface area (Å²) in [5, 5.41) is 0. The summed E-state index contributed by atoms with van der Waals surface area (Å²) in [5.74, 6) is 0. The van der Waals surface area contributed by atoms with Gasteiger partial charge in [-0.15, -0.1) is 0 Å². The Morgan fingerprint density at radius 2 is 2.11 bits per heavy atom. The second-order valence-electron chi connectivity index (χ2n) is 3.61. The molecule has 1 unspecified atom stereocenters. The van der Waals surface area contributed by atoms with E-state index in [9.17, 15) is 0 Å². The fourth-order valence-corrected chi connectivity index (χ4v) is 1.22. The van der Waals surface area contributed by atoms with Crippen LogP contribution >= 0.6 is 0 Å². The lowest BCUT2D eigenvalue weighted by Gasteiger charge is -2.36. The van der Waals surface area contributed by atoms with Gasteiger partial charge in [0.25, 0.3) is 0 Å². The molecule has 54 valence electrons. The maximum atomic E-state index is 5.49. The Hall–Kier alpha value is -0.0400. The van der Waals surface area contributed by atoms with Crippen molar-refractivity contribution < 1.29 is 4.74 Å². The van der Waals surface area contributed by atoms with Crippen LogP contribution in [0.1, 0.15) is 33.6 Å². The molecule has 1 aliphatic rings. The van der Waals surface area contributed by atoms with Gasteiger partial charge in [-0.25, -0.2) is 0 Å². The molecular formula is C8H16O. The maximum absolute atomic E-state index is 5.49. The highest BCUT2D eigenvalue weighted by Crippen LogP contribution is 2.32. The van der Waals surface area contributed by atoms with Gasteiger partial charge in [-0.05, 0) is 25.2 Å². The molecule has 0 spiro atoms. The van der Waals surface area contributed by atoms with Crippen LogP contribution in [-0.4, -0.2) is 12.7 Å². The van der Waals surface area contributed by atoms with Crippen LogP contribution in [-0.2, 0) is 4.74 Å². The molecule has 1 nitrogen and oxygen atoms in total. The summed E-state index contributed by atoms with van der Waals surface area (Å²) in [6.07, 6.45) is 3.00. The average molecular weight is 128 g/mol. The largest absolute Gasteiger partial charge is 0.378 e. The first kappa shape index (κ1) is 7.07. The van der Waals surface area contributed by atoms with Gasteiger partial charge in [0.2, 0.25) is 0 Å². The first-order chi connectivity index (χ1) is 4.13. The highest BCUT2D eigenvalue weighted by atomic mass is 16.5. The summed E-state index contributed by atoms with van der Waals surface area (Å²) >= 11 is 0. The van der Waals surface area contributed by atoms with E-state index in [0.717, 1.165) is 6.61 Å². The monoisotopic (exact) mass is 128 g/mol. The first-order valence-corrected chi connectivity index (χ1v) is 3.74. The molecule has 0 saturated carbocycles. The third-order valence-electron chi connectivity index (χ3n) is 2.43. The highest BCUT2D eigenvalue weighted by Gasteiger charge is 2.29. The van der Waals surface area contributed by atoms with Crippen LogP contribution in [0.3, 0.4) is 0 Å². The molecule has 1 rings (SSSR count). The van der Waals surface area contributed by atoms with Crippen LogP contribution in [0.15, 0.2) is 0 Å². The van der Waals surface area contributed by atoms with E-state index in [0.29, 0.717) is 11.5 Å². The summed E-state index contributed by atoms with van der Waals surface area (Å²) in [4.78, 5) is 0. The Morgan fingerprint density at radius 1 is 1.44 bits per heavy atom. The van der Waals surface area contributed by atoms with Crippen LogP contribution in [0.4, 0.5) is 0 Å². The van der Waals surface area contributed by atoms with Crippen molar-refractivity contribution in [3.8, 4) is 0 Å². The van der Waals surface area contributed by atoms with Crippen molar-refractivity contribution in [2.75, 3.05) is 6.61 Å². The number of hydrogen-bond acceptors (Lipinski definition) is 1. The topological polar surface area (TPSA) is 9.23 Å². The van der Waals surface area contributed by atoms with Crippen molar-refractivity contribution in [1.29, 1.82) is 0 Å². The molecule has 0 bridgehead atoms. The molecule has 1 atom stereocenters. The Kier molecular flexibility index (Phi) is 1.80. The summed E-state index contributed by atoms with van der Waals surface area (Å²) < 4.78 is 5.49. The molecule has 0 radical (unpaired) electrons. The predicted molar refractivity (Wildman–Crippen MR) is 38.4 cm³/mol. The molecule has 1 aliphatic heterocycles. The van der Waals surface area contributed by atoms with Gasteiger partial charge in [0, 0.05) is 6.61 Å². The van der Waals surface area contributed by atoms with E-state index < -0.39 is 0 Å². The van der Waals surface area contributed by atoms with Crippen LogP contribution in [0.25, 0.3) is 0 Å². The summed E-state index contributed by atoms with van der Waals surface area (Å²) in [7, 11) is 0. The molecule has 1 heterocycles. The molecule has 0 aromatic rings. The van der Waals surface area contributed by atoms with Gasteiger partial charge in [-0.1, -0.05) is 13.8 Å². The summed E-state index contributed by atoms with van der Waals surface area (Å²) in [6.45, 7) is 7.68. The molecule has 0 N–H and O–H groups in total. The van der Waals surface area contributed by atoms with Crippen molar-refractivity contribution in [2.45, 2.75) is 39.7 Å². The van der Waals surface area contributed by atoms with Crippen LogP contribution < -0.4 is 0 Å². The van der Waals surface area contributed by atoms with E-state index >= 15 is 0 Å². The average Bonchev–Trinajstić information content (AvgIpc) is 1.77. The first-order valence-electron chi connectivity index (χ1n) is 3.74. The lowest BCUT2D eigenvalue weighted by Crippen LogP contribution is -2.34. The zero-order valence-corrected chi connectivity index (χ0v) is 6.61. The van der Waals surface area contributed by atoms with E-state index in [1.165, 1.54) is 12.8 Å². The Bertz CT molecular complexity index is 96.7. The minimum atomic E-state index is 0.415. The van der Waals surface area contributed by atoms with Gasteiger partial charge in [0.1, 0.15) is 0 Å². The summed E-state index contributed by atoms with van der Waals surface area (Å²) in [5.41, 5.74) is 0.415. The zero-order valence-electron chi connectivity index (χ0n) is 6.61. The van der Waals surface area contributed by atoms with E-state index in [4.69, 9.17) is 4.74 Å². The smallest absolute Gasteiger partial charge is 0.0597 e. The third kappa shape index (κ3) is 1.45. The lowest BCUT2D eigenvalue weighted by atomic mass is 9.81. The molecule has 1 fully saturated rings. The minimum absolute atomic E-state index is 0.415. The van der Waals surface area contributed by atoms with E-state index in [1.807, 2.05) is 0 Å². The Labute approximate surface area is 57.4 Å². The quantitative estimate of drug-likeness (QED) is 0.486. The van der Waals surface area contributed by atoms with E-state index in [-0.39, 0.29) is 0 Å². The van der Waals surface area contributed by atoms with Gasteiger partial charge in [-0.3, -0.25) is 0 Å². The van der Waals surface area contributed by atoms with Crippen molar-refractivity contribution in [3.63, 3.8) is 0 Å². The SMILES string of the molecule is CC1OCCCC1(C)C. The molecule has 0 aromatic heterocycles. The number of ether oxygens (including phenoxy) is 1. The van der Waals surface area contributed by atoms with Crippen molar-refractivity contribution in [1.82, 2.24) is 0 Å². The van der Waals surface area contributed by atoms with Gasteiger partial charge in [0.05, 0.1) is 6.10 Å². The molecule has 1 saturated heterocycles. The molecule has 0 amide bonds. The summed E-state index contributed by atoms with van der Waals surface area (Å²) in [6, 6.07) is 0. The molecule has 0 aromatic carbocycles. The van der Waals surface area contributed by atoms with Gasteiger partial charge < -0.3 is 4.74 Å². The molecule has 0 aliphatic carbocycles. The third-order valence-corrected chi connectivity index (χ3v) is 2.43. The van der Waals surface area contributed by atoms with Crippen LogP contribution in [0.5, 0.6) is 0 Å². The Morgan fingerprint density at radius 3 is 2.44 bits per heavy atom. The second kappa shape index (κ2) is 2.30. The zero-order chi connectivity index (χ0) is 6.91.